The van der Waals surface area contributed by atoms with E-state index in [0.29, 0.717) is 45.2 Å². The normalized spacial score (nSPS) is 12.0. The molecule has 31 heavy (non-hydrogen) atoms. The van der Waals surface area contributed by atoms with Gasteiger partial charge in [0.1, 0.15) is 0 Å². The van der Waals surface area contributed by atoms with Gasteiger partial charge in [0.05, 0.1) is 26.2 Å². The molecule has 0 aliphatic heterocycles. The molecule has 0 aliphatic carbocycles. The fourth-order valence-corrected chi connectivity index (χ4v) is 3.15. The predicted octanol–water partition coefficient (Wildman–Crippen LogP) is 1.27. The molecule has 0 atom stereocenters. The number of hydrogen-bond donors (Lipinski definition) is 3. The van der Waals surface area contributed by atoms with Crippen molar-refractivity contribution in [1.29, 1.82) is 0 Å². The molecule has 0 amide bonds. The summed E-state index contributed by atoms with van der Waals surface area (Å²) in [5.74, 6) is -2.58. The Balaban J connectivity index is 2.79. The van der Waals surface area contributed by atoms with Gasteiger partial charge >= 0.3 is 17.9 Å². The van der Waals surface area contributed by atoms with Crippen LogP contribution in [0.15, 0.2) is 24.3 Å². The Bertz CT molecular complexity index is 761. The lowest BCUT2D eigenvalue weighted by molar-refractivity contribution is -0.523. The van der Waals surface area contributed by atoms with E-state index in [1.165, 1.54) is 5.56 Å². The first kappa shape index (κ1) is 26.3. The SMILES string of the molecule is CCN(CC[N+](=CC(=O)O)CCN(CC(=O)O)Cc1ccc(C(C)C)cc1)CC(=O)O. The molecule has 9 heteroatoms. The van der Waals surface area contributed by atoms with Crippen LogP contribution in [-0.2, 0) is 20.9 Å². The molecular formula is C22H34N3O6+. The van der Waals surface area contributed by atoms with Gasteiger partial charge in [-0.2, -0.15) is 0 Å². The number of rotatable bonds is 15. The van der Waals surface area contributed by atoms with Gasteiger partial charge in [-0.25, -0.2) is 9.37 Å². The quantitative estimate of drug-likeness (QED) is 0.278. The van der Waals surface area contributed by atoms with E-state index < -0.39 is 17.9 Å². The second-order valence-corrected chi connectivity index (χ2v) is 7.77. The maximum Gasteiger partial charge on any atom is 0.392 e. The zero-order valence-electron chi connectivity index (χ0n) is 18.5. The number of nitrogens with zero attached hydrogens (tertiary/aromatic N) is 3. The van der Waals surface area contributed by atoms with Gasteiger partial charge in [-0.1, -0.05) is 45.0 Å². The largest absolute Gasteiger partial charge is 0.480 e. The Morgan fingerprint density at radius 1 is 0.935 bits per heavy atom. The van der Waals surface area contributed by atoms with Crippen LogP contribution in [0.3, 0.4) is 0 Å². The first-order valence-corrected chi connectivity index (χ1v) is 10.4. The molecule has 172 valence electrons. The fraction of sp³-hybridized carbons (Fsp3) is 0.545. The van der Waals surface area contributed by atoms with Gasteiger partial charge in [-0.05, 0) is 23.6 Å². The number of aliphatic carboxylic acids is 3. The van der Waals surface area contributed by atoms with Crippen LogP contribution in [-0.4, -0.2) is 99.6 Å². The van der Waals surface area contributed by atoms with Gasteiger partial charge in [0.2, 0.25) is 6.21 Å². The zero-order chi connectivity index (χ0) is 23.4. The summed E-state index contributed by atoms with van der Waals surface area (Å²) in [6, 6.07) is 8.03. The van der Waals surface area contributed by atoms with E-state index in [1.54, 1.807) is 14.4 Å². The lowest BCUT2D eigenvalue weighted by atomic mass is 10.0. The summed E-state index contributed by atoms with van der Waals surface area (Å²) < 4.78 is 1.59. The second-order valence-electron chi connectivity index (χ2n) is 7.77. The van der Waals surface area contributed by atoms with Crippen LogP contribution in [0.2, 0.25) is 0 Å². The minimum atomic E-state index is -1.10. The first-order chi connectivity index (χ1) is 14.6. The van der Waals surface area contributed by atoms with Crippen molar-refractivity contribution in [3.63, 3.8) is 0 Å². The first-order valence-electron chi connectivity index (χ1n) is 10.4. The molecule has 0 saturated carbocycles. The highest BCUT2D eigenvalue weighted by molar-refractivity contribution is 6.19. The molecule has 0 fully saturated rings. The summed E-state index contributed by atoms with van der Waals surface area (Å²) in [5.41, 5.74) is 2.19. The second kappa shape index (κ2) is 13.5. The van der Waals surface area contributed by atoms with Gasteiger partial charge in [0.25, 0.3) is 0 Å². The molecule has 1 rings (SSSR count). The summed E-state index contributed by atoms with van der Waals surface area (Å²) in [7, 11) is 0. The van der Waals surface area contributed by atoms with Crippen LogP contribution in [0.5, 0.6) is 0 Å². The van der Waals surface area contributed by atoms with Crippen molar-refractivity contribution in [2.45, 2.75) is 33.2 Å². The third kappa shape index (κ3) is 11.3. The van der Waals surface area contributed by atoms with Crippen LogP contribution >= 0.6 is 0 Å². The van der Waals surface area contributed by atoms with E-state index in [0.717, 1.165) is 11.8 Å². The van der Waals surface area contributed by atoms with Crippen molar-refractivity contribution >= 4 is 24.1 Å². The highest BCUT2D eigenvalue weighted by Gasteiger charge is 2.17. The fourth-order valence-electron chi connectivity index (χ4n) is 3.15. The molecule has 0 saturated heterocycles. The van der Waals surface area contributed by atoms with Gasteiger partial charge < -0.3 is 15.3 Å². The number of likely N-dealkylation sites (N-methyl/N-ethyl adjacent to an activating group) is 1. The Hall–Kier alpha value is -2.78. The highest BCUT2D eigenvalue weighted by atomic mass is 16.4. The Labute approximate surface area is 183 Å². The lowest BCUT2D eigenvalue weighted by Gasteiger charge is -2.21. The average molecular weight is 437 g/mol. The maximum absolute atomic E-state index is 11.3. The molecular weight excluding hydrogens is 402 g/mol. The van der Waals surface area contributed by atoms with Crippen LogP contribution in [0, 0.1) is 0 Å². The van der Waals surface area contributed by atoms with Crippen molar-refractivity contribution < 1.29 is 34.3 Å². The summed E-state index contributed by atoms with van der Waals surface area (Å²) in [4.78, 5) is 36.9. The predicted molar refractivity (Wildman–Crippen MR) is 117 cm³/mol. The van der Waals surface area contributed by atoms with E-state index in [-0.39, 0.29) is 13.1 Å². The molecule has 0 radical (unpaired) electrons. The molecule has 3 N–H and O–H groups in total. The van der Waals surface area contributed by atoms with Gasteiger partial charge in [0.15, 0.2) is 13.1 Å². The van der Waals surface area contributed by atoms with Crippen LogP contribution in [0.25, 0.3) is 0 Å². The minimum Gasteiger partial charge on any atom is -0.480 e. The van der Waals surface area contributed by atoms with Crippen LogP contribution in [0.1, 0.15) is 37.8 Å². The Morgan fingerprint density at radius 3 is 1.90 bits per heavy atom. The highest BCUT2D eigenvalue weighted by Crippen LogP contribution is 2.15. The smallest absolute Gasteiger partial charge is 0.392 e. The van der Waals surface area contributed by atoms with Crippen molar-refractivity contribution in [2.75, 3.05) is 45.8 Å². The third-order valence-corrected chi connectivity index (χ3v) is 4.92. The zero-order valence-corrected chi connectivity index (χ0v) is 18.5. The number of carboxylic acids is 3. The molecule has 0 aromatic heterocycles. The number of carbonyl (C=O) groups is 3. The Kier molecular flexibility index (Phi) is 11.4. The standard InChI is InChI=1S/C22H33N3O6/c1-4-23(14-20(26)27)9-10-24(15-21(28)29)11-12-25(16-22(30)31)13-18-5-7-19(8-6-18)17(2)3/h5-8,15,17H,4,9-14,16H2,1-3H3,(H2-,26,27,28,29,30,31)/p+1. The summed E-state index contributed by atoms with van der Waals surface area (Å²) in [6.07, 6.45) is 1.06. The summed E-state index contributed by atoms with van der Waals surface area (Å²) in [6.45, 7) is 8.14. The third-order valence-electron chi connectivity index (χ3n) is 4.92. The number of hydrogen-bond acceptors (Lipinski definition) is 5. The minimum absolute atomic E-state index is 0.116. The van der Waals surface area contributed by atoms with Crippen molar-refractivity contribution in [1.82, 2.24) is 9.80 Å². The van der Waals surface area contributed by atoms with Crippen LogP contribution < -0.4 is 0 Å². The molecule has 0 aliphatic rings. The van der Waals surface area contributed by atoms with Gasteiger partial charge in [0, 0.05) is 6.54 Å². The number of carboxylic acid groups (broad SMARTS) is 3. The topological polar surface area (TPSA) is 121 Å². The molecule has 0 unspecified atom stereocenters. The molecule has 0 bridgehead atoms. The van der Waals surface area contributed by atoms with Gasteiger partial charge in [-0.15, -0.1) is 0 Å². The molecule has 9 nitrogen and oxygen atoms in total. The van der Waals surface area contributed by atoms with Crippen molar-refractivity contribution in [2.24, 2.45) is 0 Å². The van der Waals surface area contributed by atoms with Gasteiger partial charge in [-0.3, -0.25) is 19.4 Å². The molecule has 0 heterocycles. The van der Waals surface area contributed by atoms with E-state index in [1.807, 2.05) is 31.2 Å². The van der Waals surface area contributed by atoms with Crippen molar-refractivity contribution in [3.05, 3.63) is 35.4 Å². The maximum atomic E-state index is 11.3. The molecule has 0 spiro atoms. The summed E-state index contributed by atoms with van der Waals surface area (Å²) in [5, 5.41) is 27.4. The monoisotopic (exact) mass is 436 g/mol. The van der Waals surface area contributed by atoms with E-state index >= 15 is 0 Å². The molecule has 1 aromatic carbocycles. The molecule has 1 aromatic rings. The lowest BCUT2D eigenvalue weighted by Crippen LogP contribution is -2.39. The van der Waals surface area contributed by atoms with E-state index in [4.69, 9.17) is 10.2 Å². The summed E-state index contributed by atoms with van der Waals surface area (Å²) >= 11 is 0. The average Bonchev–Trinajstić information content (AvgIpc) is 2.68. The van der Waals surface area contributed by atoms with E-state index in [2.05, 4.69) is 13.8 Å². The Morgan fingerprint density at radius 2 is 1.45 bits per heavy atom. The van der Waals surface area contributed by atoms with Crippen LogP contribution in [0.4, 0.5) is 0 Å². The van der Waals surface area contributed by atoms with Crippen molar-refractivity contribution in [3.8, 4) is 0 Å². The number of benzene rings is 1. The van der Waals surface area contributed by atoms with E-state index in [9.17, 15) is 19.5 Å².